The van der Waals surface area contributed by atoms with E-state index in [4.69, 9.17) is 4.74 Å². The van der Waals surface area contributed by atoms with Crippen molar-refractivity contribution in [1.82, 2.24) is 14.9 Å². The van der Waals surface area contributed by atoms with Crippen LogP contribution in [0.25, 0.3) is 10.2 Å². The number of hydrogen-bond acceptors (Lipinski definition) is 6. The van der Waals surface area contributed by atoms with Crippen molar-refractivity contribution in [3.05, 3.63) is 26.6 Å². The second kappa shape index (κ2) is 7.93. The highest BCUT2D eigenvalue weighted by molar-refractivity contribution is 7.98. The average molecular weight is 408 g/mol. The second-order valence-corrected chi connectivity index (χ2v) is 9.60. The van der Waals surface area contributed by atoms with E-state index < -0.39 is 0 Å². The zero-order valence-electron chi connectivity index (χ0n) is 15.7. The third kappa shape index (κ3) is 4.07. The molecule has 3 heterocycles. The van der Waals surface area contributed by atoms with Crippen LogP contribution in [0, 0.1) is 0 Å². The number of fused-ring (bicyclic) bond motifs is 3. The number of amides is 1. The molecule has 1 amide bonds. The Bertz CT molecular complexity index is 897. The molecule has 1 fully saturated rings. The normalized spacial score (nSPS) is 22.4. The van der Waals surface area contributed by atoms with Gasteiger partial charge in [0, 0.05) is 30.1 Å². The highest BCUT2D eigenvalue weighted by atomic mass is 32.2. The monoisotopic (exact) mass is 407 g/mol. The summed E-state index contributed by atoms with van der Waals surface area (Å²) >= 11 is 3.31. The number of H-pyrrole nitrogens is 1. The van der Waals surface area contributed by atoms with Gasteiger partial charge < -0.3 is 14.6 Å². The minimum absolute atomic E-state index is 0.0117. The van der Waals surface area contributed by atoms with Gasteiger partial charge in [0.15, 0.2) is 0 Å². The van der Waals surface area contributed by atoms with Gasteiger partial charge in [-0.1, -0.05) is 0 Å². The van der Waals surface area contributed by atoms with E-state index in [1.54, 1.807) is 23.1 Å². The minimum atomic E-state index is -0.0117. The molecule has 8 heteroatoms. The molecular weight excluding hydrogens is 382 g/mol. The summed E-state index contributed by atoms with van der Waals surface area (Å²) in [7, 11) is 0. The van der Waals surface area contributed by atoms with Crippen LogP contribution in [-0.4, -0.2) is 51.8 Å². The fourth-order valence-electron chi connectivity index (χ4n) is 3.98. The fourth-order valence-corrected chi connectivity index (χ4v) is 6.06. The first-order valence-corrected chi connectivity index (χ1v) is 11.5. The van der Waals surface area contributed by atoms with Crippen molar-refractivity contribution in [2.75, 3.05) is 18.8 Å². The largest absolute Gasteiger partial charge is 0.372 e. The van der Waals surface area contributed by atoms with Gasteiger partial charge in [-0.3, -0.25) is 9.59 Å². The summed E-state index contributed by atoms with van der Waals surface area (Å²) in [4.78, 5) is 36.5. The molecule has 1 N–H and O–H groups in total. The summed E-state index contributed by atoms with van der Waals surface area (Å²) in [6, 6.07) is 0. The Balaban J connectivity index is 1.32. The maximum absolute atomic E-state index is 12.5. The summed E-state index contributed by atoms with van der Waals surface area (Å²) in [5.74, 6) is 2.23. The quantitative estimate of drug-likeness (QED) is 0.772. The Labute approximate surface area is 166 Å². The molecule has 0 saturated carbocycles. The zero-order valence-corrected chi connectivity index (χ0v) is 17.4. The van der Waals surface area contributed by atoms with Crippen LogP contribution in [0.1, 0.15) is 43.0 Å². The number of thiophene rings is 1. The first-order chi connectivity index (χ1) is 13.0. The molecule has 0 radical (unpaired) electrons. The first-order valence-electron chi connectivity index (χ1n) is 9.55. The van der Waals surface area contributed by atoms with Gasteiger partial charge in [0.2, 0.25) is 5.91 Å². The number of nitrogens with zero attached hydrogens (tertiary/aromatic N) is 2. The maximum Gasteiger partial charge on any atom is 0.259 e. The van der Waals surface area contributed by atoms with Crippen molar-refractivity contribution < 1.29 is 9.53 Å². The Hall–Kier alpha value is -1.38. The third-order valence-corrected chi connectivity index (χ3v) is 7.25. The number of rotatable bonds is 5. The Morgan fingerprint density at radius 2 is 2.11 bits per heavy atom. The van der Waals surface area contributed by atoms with Crippen molar-refractivity contribution in [2.24, 2.45) is 0 Å². The third-order valence-electron chi connectivity index (χ3n) is 5.10. The summed E-state index contributed by atoms with van der Waals surface area (Å²) in [6.45, 7) is 5.34. The number of nitrogens with one attached hydrogen (secondary N) is 1. The van der Waals surface area contributed by atoms with E-state index in [0.717, 1.165) is 35.2 Å². The van der Waals surface area contributed by atoms with Gasteiger partial charge in [-0.15, -0.1) is 11.3 Å². The highest BCUT2D eigenvalue weighted by Crippen LogP contribution is 2.34. The lowest BCUT2D eigenvalue weighted by Gasteiger charge is -2.35. The van der Waals surface area contributed by atoms with Crippen molar-refractivity contribution in [3.8, 4) is 0 Å². The molecular formula is C19H25N3O3S2. The Kier molecular flexibility index (Phi) is 5.57. The fraction of sp³-hybridized carbons (Fsp3) is 0.632. The smallest absolute Gasteiger partial charge is 0.259 e. The molecule has 6 nitrogen and oxygen atoms in total. The number of carbonyl (C=O) groups is 1. The molecule has 2 aliphatic rings. The predicted octanol–water partition coefficient (Wildman–Crippen LogP) is 2.73. The highest BCUT2D eigenvalue weighted by Gasteiger charge is 2.25. The van der Waals surface area contributed by atoms with Gasteiger partial charge in [-0.05, 0) is 38.7 Å². The first kappa shape index (κ1) is 19.0. The van der Waals surface area contributed by atoms with Crippen molar-refractivity contribution >= 4 is 39.2 Å². The molecule has 1 aliphatic heterocycles. The van der Waals surface area contributed by atoms with Crippen molar-refractivity contribution in [1.29, 1.82) is 0 Å². The van der Waals surface area contributed by atoms with Crippen LogP contribution in [-0.2, 0) is 28.1 Å². The van der Waals surface area contributed by atoms with E-state index in [1.807, 2.05) is 18.7 Å². The van der Waals surface area contributed by atoms with Gasteiger partial charge in [0.1, 0.15) is 10.7 Å². The van der Waals surface area contributed by atoms with E-state index in [9.17, 15) is 9.59 Å². The molecule has 1 saturated heterocycles. The lowest BCUT2D eigenvalue weighted by Crippen LogP contribution is -2.48. The molecule has 2 aromatic rings. The number of hydrogen-bond donors (Lipinski definition) is 1. The zero-order chi connectivity index (χ0) is 19.0. The maximum atomic E-state index is 12.5. The standard InChI is InChI=1S/C19H25N3O3S2/c1-11-8-22(9-12(2)25-11)16(23)6-7-26-10-15-20-18(24)17-13-4-3-5-14(13)27-19(17)21-15/h11-12H,3-10H2,1-2H3,(H,20,21,24)/t11-,12-/m0/s1. The van der Waals surface area contributed by atoms with Crippen LogP contribution in [0.5, 0.6) is 0 Å². The van der Waals surface area contributed by atoms with E-state index in [2.05, 4.69) is 9.97 Å². The van der Waals surface area contributed by atoms with Crippen LogP contribution in [0.3, 0.4) is 0 Å². The predicted molar refractivity (Wildman–Crippen MR) is 110 cm³/mol. The van der Waals surface area contributed by atoms with E-state index >= 15 is 0 Å². The van der Waals surface area contributed by atoms with Crippen LogP contribution < -0.4 is 5.56 Å². The summed E-state index contributed by atoms with van der Waals surface area (Å²) in [6.07, 6.45) is 3.90. The molecule has 1 aliphatic carbocycles. The van der Waals surface area contributed by atoms with E-state index in [1.165, 1.54) is 10.4 Å². The molecule has 146 valence electrons. The van der Waals surface area contributed by atoms with Crippen LogP contribution in [0.4, 0.5) is 0 Å². The molecule has 2 aromatic heterocycles. The number of aromatic amines is 1. The second-order valence-electron chi connectivity index (χ2n) is 7.41. The SMILES string of the molecule is C[C@H]1CN(C(=O)CCSCc2nc3sc4c(c3c(=O)[nH]2)CCC4)C[C@H](C)O1. The van der Waals surface area contributed by atoms with Gasteiger partial charge in [0.25, 0.3) is 5.56 Å². The summed E-state index contributed by atoms with van der Waals surface area (Å²) in [5.41, 5.74) is 1.20. The number of aromatic nitrogens is 2. The van der Waals surface area contributed by atoms with Crippen molar-refractivity contribution in [3.63, 3.8) is 0 Å². The van der Waals surface area contributed by atoms with E-state index in [0.29, 0.717) is 31.1 Å². The molecule has 0 unspecified atom stereocenters. The minimum Gasteiger partial charge on any atom is -0.372 e. The number of thioether (sulfide) groups is 1. The van der Waals surface area contributed by atoms with E-state index in [-0.39, 0.29) is 23.7 Å². The molecule has 2 atom stereocenters. The lowest BCUT2D eigenvalue weighted by molar-refractivity contribution is -0.142. The summed E-state index contributed by atoms with van der Waals surface area (Å²) < 4.78 is 5.68. The number of ether oxygens (including phenoxy) is 1. The molecule has 0 aromatic carbocycles. The van der Waals surface area contributed by atoms with Crippen LogP contribution in [0.15, 0.2) is 4.79 Å². The van der Waals surface area contributed by atoms with Crippen molar-refractivity contribution in [2.45, 2.75) is 57.5 Å². The Morgan fingerprint density at radius 1 is 1.33 bits per heavy atom. The Morgan fingerprint density at radius 3 is 2.89 bits per heavy atom. The molecule has 27 heavy (non-hydrogen) atoms. The molecule has 4 rings (SSSR count). The van der Waals surface area contributed by atoms with Gasteiger partial charge >= 0.3 is 0 Å². The summed E-state index contributed by atoms with van der Waals surface area (Å²) in [5, 5.41) is 0.798. The average Bonchev–Trinajstić information content (AvgIpc) is 3.18. The number of morpholine rings is 1. The van der Waals surface area contributed by atoms with Crippen LogP contribution in [0.2, 0.25) is 0 Å². The van der Waals surface area contributed by atoms with Crippen LogP contribution >= 0.6 is 23.1 Å². The lowest BCUT2D eigenvalue weighted by atomic mass is 10.2. The number of carbonyl (C=O) groups excluding carboxylic acids is 1. The number of aryl methyl sites for hydroxylation is 2. The van der Waals surface area contributed by atoms with Gasteiger partial charge in [-0.25, -0.2) is 4.98 Å². The molecule has 0 spiro atoms. The van der Waals surface area contributed by atoms with Gasteiger partial charge in [0.05, 0.1) is 23.3 Å². The topological polar surface area (TPSA) is 75.3 Å². The molecule has 0 bridgehead atoms. The van der Waals surface area contributed by atoms with Gasteiger partial charge in [-0.2, -0.15) is 11.8 Å².